The van der Waals surface area contributed by atoms with Crippen LogP contribution in [0.5, 0.6) is 0 Å². The molecule has 2 N–H and O–H groups in total. The molecule has 0 aromatic carbocycles. The molecule has 4 heteroatoms. The Bertz CT molecular complexity index is 20.4. The van der Waals surface area contributed by atoms with Crippen molar-refractivity contribution in [2.24, 2.45) is 0 Å². The van der Waals surface area contributed by atoms with E-state index < -0.39 is 0 Å². The fraction of sp³-hybridized carbons (Fsp3) is 1.00. The Kier molecular flexibility index (Phi) is 15.5. The molecule has 0 radical (unpaired) electrons. The van der Waals surface area contributed by atoms with E-state index in [1.54, 1.807) is 0 Å². The van der Waals surface area contributed by atoms with Gasteiger partial charge in [0.25, 0.3) is 0 Å². The number of rotatable bonds is 2. The van der Waals surface area contributed by atoms with E-state index in [9.17, 15) is 0 Å². The topological polar surface area (TPSA) is 49.7 Å². The summed E-state index contributed by atoms with van der Waals surface area (Å²) in [5.41, 5.74) is 0. The molecule has 0 rings (SSSR count). The van der Waals surface area contributed by atoms with Crippen molar-refractivity contribution >= 4 is 0 Å². The van der Waals surface area contributed by atoms with Gasteiger partial charge in [-0.05, 0) is 0 Å². The molecule has 0 spiro atoms. The molecule has 0 heterocycles. The summed E-state index contributed by atoms with van der Waals surface area (Å²) in [4.78, 5) is 3.44. The van der Waals surface area contributed by atoms with Gasteiger partial charge in [-0.25, -0.2) is 4.89 Å². The largest absolute Gasteiger partial charge is 1.00 e. The molecule has 34 valence electrons. The van der Waals surface area contributed by atoms with E-state index in [0.717, 1.165) is 0 Å². The average molecular weight is 102 g/mol. The summed E-state index contributed by atoms with van der Waals surface area (Å²) in [5, 5.41) is 15.2. The second kappa shape index (κ2) is 9.30. The first-order valence-corrected chi connectivity index (χ1v) is 1.29. The van der Waals surface area contributed by atoms with E-state index in [0.29, 0.717) is 0 Å². The Morgan fingerprint density at radius 3 is 2.17 bits per heavy atom. The van der Waals surface area contributed by atoms with E-state index in [-0.39, 0.29) is 44.2 Å². The normalized spacial score (nSPS) is 7.00. The Hall–Kier alpha value is 0.880. The summed E-state index contributed by atoms with van der Waals surface area (Å²) >= 11 is 0. The standard InChI is InChI=1S/C2H6O3.Na.H/c3-1-2-5-4;;/h3-4H,1-2H2;;/q;+1;-1. The Morgan fingerprint density at radius 2 is 2.17 bits per heavy atom. The minimum absolute atomic E-state index is 0. The quantitative estimate of drug-likeness (QED) is 0.217. The van der Waals surface area contributed by atoms with Crippen LogP contribution in [0, 0.1) is 0 Å². The van der Waals surface area contributed by atoms with Gasteiger partial charge in [0.15, 0.2) is 0 Å². The van der Waals surface area contributed by atoms with E-state index in [2.05, 4.69) is 4.89 Å². The smallest absolute Gasteiger partial charge is 1.00 e. The van der Waals surface area contributed by atoms with Crippen LogP contribution in [-0.2, 0) is 4.89 Å². The van der Waals surface area contributed by atoms with Crippen molar-refractivity contribution < 1.29 is 46.2 Å². The molecule has 0 bridgehead atoms. The van der Waals surface area contributed by atoms with E-state index >= 15 is 0 Å². The molecule has 0 aliphatic carbocycles. The maximum Gasteiger partial charge on any atom is 1.00 e. The molecule has 0 saturated heterocycles. The first kappa shape index (κ1) is 9.99. The molecular formula is C2H7NaO3. The Morgan fingerprint density at radius 1 is 1.67 bits per heavy atom. The van der Waals surface area contributed by atoms with Gasteiger partial charge < -0.3 is 6.53 Å². The van der Waals surface area contributed by atoms with Crippen molar-refractivity contribution in [3.8, 4) is 0 Å². The van der Waals surface area contributed by atoms with Crippen LogP contribution in [0.3, 0.4) is 0 Å². The Labute approximate surface area is 59.6 Å². The van der Waals surface area contributed by atoms with Gasteiger partial charge in [-0.1, -0.05) is 0 Å². The monoisotopic (exact) mass is 102 g/mol. The van der Waals surface area contributed by atoms with Gasteiger partial charge >= 0.3 is 29.6 Å². The molecule has 3 nitrogen and oxygen atoms in total. The number of aliphatic hydroxyl groups is 1. The average Bonchev–Trinajstić information content (AvgIpc) is 1.41. The molecule has 0 aliphatic heterocycles. The van der Waals surface area contributed by atoms with Gasteiger partial charge in [-0.15, -0.1) is 0 Å². The minimum atomic E-state index is -0.128. The third-order valence-electron chi connectivity index (χ3n) is 0.183. The zero-order valence-electron chi connectivity index (χ0n) is 4.72. The predicted octanol–water partition coefficient (Wildman–Crippen LogP) is -3.42. The predicted molar refractivity (Wildman–Crippen MR) is 16.8 cm³/mol. The van der Waals surface area contributed by atoms with Crippen molar-refractivity contribution in [3.63, 3.8) is 0 Å². The first-order valence-electron chi connectivity index (χ1n) is 1.29. The van der Waals surface area contributed by atoms with Crippen LogP contribution < -0.4 is 29.6 Å². The molecule has 0 unspecified atom stereocenters. The van der Waals surface area contributed by atoms with Crippen LogP contribution in [0.1, 0.15) is 1.43 Å². The summed E-state index contributed by atoms with van der Waals surface area (Å²) in [6.07, 6.45) is 0. The molecule has 0 aromatic rings. The fourth-order valence-electron chi connectivity index (χ4n) is 0.0408. The molecular weight excluding hydrogens is 95.0 g/mol. The summed E-state index contributed by atoms with van der Waals surface area (Å²) in [6, 6.07) is 0. The summed E-state index contributed by atoms with van der Waals surface area (Å²) in [5.74, 6) is 0. The molecule has 0 saturated carbocycles. The second-order valence-electron chi connectivity index (χ2n) is 0.557. The van der Waals surface area contributed by atoms with Crippen LogP contribution in [0.25, 0.3) is 0 Å². The minimum Gasteiger partial charge on any atom is -1.00 e. The van der Waals surface area contributed by atoms with Gasteiger partial charge in [-0.2, -0.15) is 0 Å². The van der Waals surface area contributed by atoms with Crippen molar-refractivity contribution in [1.82, 2.24) is 0 Å². The number of hydrogen-bond donors (Lipinski definition) is 2. The summed E-state index contributed by atoms with van der Waals surface area (Å²) in [6.45, 7) is -0.128. The maximum absolute atomic E-state index is 7.78. The van der Waals surface area contributed by atoms with Crippen molar-refractivity contribution in [2.45, 2.75) is 0 Å². The van der Waals surface area contributed by atoms with Crippen LogP contribution in [0.2, 0.25) is 0 Å². The van der Waals surface area contributed by atoms with Crippen molar-refractivity contribution in [1.29, 1.82) is 0 Å². The molecule has 0 amide bonds. The van der Waals surface area contributed by atoms with Crippen LogP contribution in [0.15, 0.2) is 0 Å². The molecule has 0 aliphatic rings. The second-order valence-corrected chi connectivity index (χ2v) is 0.557. The van der Waals surface area contributed by atoms with Gasteiger partial charge in [0.1, 0.15) is 6.61 Å². The molecule has 6 heavy (non-hydrogen) atoms. The summed E-state index contributed by atoms with van der Waals surface area (Å²) in [7, 11) is 0. The molecule has 0 fully saturated rings. The van der Waals surface area contributed by atoms with Crippen LogP contribution in [0.4, 0.5) is 0 Å². The number of aliphatic hydroxyl groups excluding tert-OH is 1. The van der Waals surface area contributed by atoms with Crippen molar-refractivity contribution in [2.75, 3.05) is 13.2 Å². The third kappa shape index (κ3) is 8.86. The molecule has 0 aromatic heterocycles. The molecule has 0 atom stereocenters. The van der Waals surface area contributed by atoms with Gasteiger partial charge in [0.2, 0.25) is 0 Å². The van der Waals surface area contributed by atoms with Crippen molar-refractivity contribution in [3.05, 3.63) is 0 Å². The van der Waals surface area contributed by atoms with Gasteiger partial charge in [0.05, 0.1) is 6.61 Å². The fourth-order valence-corrected chi connectivity index (χ4v) is 0.0408. The van der Waals surface area contributed by atoms with Gasteiger partial charge in [0, 0.05) is 0 Å². The zero-order valence-corrected chi connectivity index (χ0v) is 5.72. The Balaban J connectivity index is -0.0000000800. The van der Waals surface area contributed by atoms with E-state index in [1.807, 2.05) is 0 Å². The van der Waals surface area contributed by atoms with Crippen LogP contribution in [-0.4, -0.2) is 23.6 Å². The number of hydrogen-bond acceptors (Lipinski definition) is 3. The first-order chi connectivity index (χ1) is 2.41. The maximum atomic E-state index is 7.78. The van der Waals surface area contributed by atoms with Crippen LogP contribution >= 0.6 is 0 Å². The third-order valence-corrected chi connectivity index (χ3v) is 0.183. The van der Waals surface area contributed by atoms with E-state index in [1.165, 1.54) is 0 Å². The van der Waals surface area contributed by atoms with Gasteiger partial charge in [-0.3, -0.25) is 5.26 Å². The van der Waals surface area contributed by atoms with E-state index in [4.69, 9.17) is 10.4 Å². The summed E-state index contributed by atoms with van der Waals surface area (Å²) < 4.78 is 0. The zero-order chi connectivity index (χ0) is 4.12. The SMILES string of the molecule is OCCOO.[H-].[Na+].